The monoisotopic (exact) mass is 400 g/mol. The van der Waals surface area contributed by atoms with Crippen LogP contribution in [0.4, 0.5) is 5.69 Å². The van der Waals surface area contributed by atoms with E-state index in [0.29, 0.717) is 24.5 Å². The number of pyridine rings is 1. The molecule has 0 fully saturated rings. The van der Waals surface area contributed by atoms with E-state index in [1.807, 2.05) is 45.0 Å². The fourth-order valence-corrected chi connectivity index (χ4v) is 2.85. The number of fused-ring (bicyclic) bond motifs is 1. The number of Topliss-reactive ketones (excluding diaryl/α,β-unsaturated/α-hetero) is 1. The lowest BCUT2D eigenvalue weighted by molar-refractivity contribution is -0.191. The van der Waals surface area contributed by atoms with Gasteiger partial charge in [0.1, 0.15) is 18.1 Å². The van der Waals surface area contributed by atoms with Crippen LogP contribution in [0.5, 0.6) is 5.75 Å². The van der Waals surface area contributed by atoms with E-state index in [1.54, 1.807) is 0 Å². The Labute approximate surface area is 172 Å². The van der Waals surface area contributed by atoms with Gasteiger partial charge in [0, 0.05) is 17.8 Å². The third-order valence-corrected chi connectivity index (χ3v) is 5.28. The van der Waals surface area contributed by atoms with Crippen molar-refractivity contribution >= 4 is 28.5 Å². The smallest absolute Gasteiger partial charge is 0.373 e. The van der Waals surface area contributed by atoms with Gasteiger partial charge in [-0.3, -0.25) is 9.78 Å². The normalized spacial score (nSPS) is 11.4. The van der Waals surface area contributed by atoms with E-state index in [0.717, 1.165) is 29.4 Å². The number of nitrogens with two attached hydrogens (primary N) is 1. The van der Waals surface area contributed by atoms with Crippen LogP contribution in [-0.2, 0) is 14.4 Å². The van der Waals surface area contributed by atoms with E-state index < -0.39 is 5.41 Å². The molecule has 158 valence electrons. The molecular weight excluding hydrogens is 368 g/mol. The van der Waals surface area contributed by atoms with Gasteiger partial charge in [0.15, 0.2) is 0 Å². The molecule has 0 aliphatic heterocycles. The number of ketones is 1. The molecule has 29 heavy (non-hydrogen) atoms. The SMILES string of the molecule is CCC(C)(C)CCC(=O)C(C)(C)COc1cccc2nc(C)cc(N)c12.O=C=O. The summed E-state index contributed by atoms with van der Waals surface area (Å²) < 4.78 is 6.04. The minimum absolute atomic E-state index is 0.195. The van der Waals surface area contributed by atoms with Gasteiger partial charge in [0.25, 0.3) is 0 Å². The fraction of sp³-hybridized carbons (Fsp3) is 0.522. The number of benzene rings is 1. The Morgan fingerprint density at radius 2 is 1.83 bits per heavy atom. The summed E-state index contributed by atoms with van der Waals surface area (Å²) in [7, 11) is 0. The maximum absolute atomic E-state index is 12.7. The molecule has 0 spiro atoms. The minimum atomic E-state index is -0.543. The van der Waals surface area contributed by atoms with Gasteiger partial charge in [0.05, 0.1) is 16.3 Å². The van der Waals surface area contributed by atoms with Crippen LogP contribution >= 0.6 is 0 Å². The fourth-order valence-electron chi connectivity index (χ4n) is 2.85. The summed E-state index contributed by atoms with van der Waals surface area (Å²) in [6, 6.07) is 7.56. The molecule has 0 amide bonds. The van der Waals surface area contributed by atoms with Crippen molar-refractivity contribution in [1.29, 1.82) is 0 Å². The Morgan fingerprint density at radius 3 is 2.41 bits per heavy atom. The Balaban J connectivity index is 0.00000132. The average molecular weight is 401 g/mol. The van der Waals surface area contributed by atoms with Gasteiger partial charge in [-0.2, -0.15) is 9.59 Å². The van der Waals surface area contributed by atoms with Gasteiger partial charge in [0.2, 0.25) is 0 Å². The van der Waals surface area contributed by atoms with Crippen molar-refractivity contribution < 1.29 is 19.1 Å². The molecule has 0 saturated carbocycles. The first-order chi connectivity index (χ1) is 13.5. The summed E-state index contributed by atoms with van der Waals surface area (Å²) in [5.41, 5.74) is 8.17. The number of anilines is 1. The molecule has 6 nitrogen and oxygen atoms in total. The molecule has 0 atom stereocenters. The zero-order chi connectivity index (χ0) is 22.2. The lowest BCUT2D eigenvalue weighted by Crippen LogP contribution is -2.32. The largest absolute Gasteiger partial charge is 0.492 e. The molecule has 6 heteroatoms. The van der Waals surface area contributed by atoms with Crippen molar-refractivity contribution in [2.24, 2.45) is 10.8 Å². The van der Waals surface area contributed by atoms with Crippen molar-refractivity contribution in [2.45, 2.75) is 60.8 Å². The number of ether oxygens (including phenoxy) is 1. The number of nitrogen functional groups attached to an aromatic ring is 1. The molecule has 2 rings (SSSR count). The van der Waals surface area contributed by atoms with E-state index in [-0.39, 0.29) is 17.3 Å². The molecule has 1 aromatic carbocycles. The van der Waals surface area contributed by atoms with Crippen LogP contribution in [0.25, 0.3) is 10.9 Å². The predicted molar refractivity (Wildman–Crippen MR) is 113 cm³/mol. The van der Waals surface area contributed by atoms with Crippen molar-refractivity contribution in [2.75, 3.05) is 12.3 Å². The Bertz CT molecular complexity index is 882. The molecule has 0 saturated heterocycles. The van der Waals surface area contributed by atoms with Gasteiger partial charge in [-0.25, -0.2) is 0 Å². The number of nitrogens with zero attached hydrogens (tertiary/aromatic N) is 1. The van der Waals surface area contributed by atoms with Gasteiger partial charge in [-0.05, 0) is 50.8 Å². The zero-order valence-corrected chi connectivity index (χ0v) is 18.3. The molecule has 0 aliphatic rings. The number of carbonyl (C=O) groups is 1. The van der Waals surface area contributed by atoms with Crippen LogP contribution in [-0.4, -0.2) is 23.5 Å². The van der Waals surface area contributed by atoms with Gasteiger partial charge < -0.3 is 10.5 Å². The Hall–Kier alpha value is -2.72. The van der Waals surface area contributed by atoms with Gasteiger partial charge in [-0.1, -0.05) is 33.3 Å². The van der Waals surface area contributed by atoms with Crippen LogP contribution in [0.15, 0.2) is 24.3 Å². The van der Waals surface area contributed by atoms with Crippen LogP contribution in [0.2, 0.25) is 0 Å². The first kappa shape index (κ1) is 24.3. The van der Waals surface area contributed by atoms with Crippen LogP contribution < -0.4 is 10.5 Å². The lowest BCUT2D eigenvalue weighted by atomic mass is 9.80. The summed E-state index contributed by atoms with van der Waals surface area (Å²) >= 11 is 0. The third-order valence-electron chi connectivity index (χ3n) is 5.28. The van der Waals surface area contributed by atoms with Crippen molar-refractivity contribution in [3.63, 3.8) is 0 Å². The van der Waals surface area contributed by atoms with E-state index in [9.17, 15) is 4.79 Å². The lowest BCUT2D eigenvalue weighted by Gasteiger charge is -2.27. The number of rotatable bonds is 8. The number of hydrogen-bond donors (Lipinski definition) is 1. The van der Waals surface area contributed by atoms with E-state index >= 15 is 0 Å². The van der Waals surface area contributed by atoms with E-state index in [1.165, 1.54) is 0 Å². The van der Waals surface area contributed by atoms with Crippen LogP contribution in [0.3, 0.4) is 0 Å². The van der Waals surface area contributed by atoms with Gasteiger partial charge >= 0.3 is 6.15 Å². The predicted octanol–water partition coefficient (Wildman–Crippen LogP) is 4.73. The summed E-state index contributed by atoms with van der Waals surface area (Å²) in [6.45, 7) is 12.7. The van der Waals surface area contributed by atoms with Crippen molar-refractivity contribution in [3.8, 4) is 5.75 Å². The van der Waals surface area contributed by atoms with E-state index in [4.69, 9.17) is 20.1 Å². The number of aryl methyl sites for hydroxylation is 1. The summed E-state index contributed by atoms with van der Waals surface area (Å²) in [6.07, 6.45) is 2.80. The molecule has 1 aromatic heterocycles. The maximum Gasteiger partial charge on any atom is 0.373 e. The molecule has 0 unspecified atom stereocenters. The Kier molecular flexibility index (Phi) is 8.53. The van der Waals surface area contributed by atoms with Crippen molar-refractivity contribution in [1.82, 2.24) is 4.98 Å². The highest BCUT2D eigenvalue weighted by atomic mass is 16.5. The molecular formula is C23H32N2O4. The second kappa shape index (κ2) is 10.2. The minimum Gasteiger partial charge on any atom is -0.492 e. The summed E-state index contributed by atoms with van der Waals surface area (Å²) in [4.78, 5) is 33.5. The Morgan fingerprint density at radius 1 is 1.21 bits per heavy atom. The molecule has 0 radical (unpaired) electrons. The molecule has 2 aromatic rings. The number of carbonyl (C=O) groups excluding carboxylic acids is 3. The number of aromatic nitrogens is 1. The third kappa shape index (κ3) is 6.99. The molecule has 0 bridgehead atoms. The molecule has 0 aliphatic carbocycles. The second-order valence-electron chi connectivity index (χ2n) is 8.70. The zero-order valence-electron chi connectivity index (χ0n) is 18.3. The molecule has 2 N–H and O–H groups in total. The standard InChI is InChI=1S/C22H32N2O2.CO2/c1-7-21(3,4)12-11-19(25)22(5,6)14-26-18-10-8-9-17-20(18)16(23)13-15(2)24-17;2-1-3/h8-10,13H,7,11-12,14H2,1-6H3,(H2,23,24);. The van der Waals surface area contributed by atoms with Crippen LogP contribution in [0.1, 0.15) is 59.6 Å². The average Bonchev–Trinajstić information content (AvgIpc) is 2.64. The number of hydrogen-bond acceptors (Lipinski definition) is 6. The first-order valence-electron chi connectivity index (χ1n) is 9.78. The first-order valence-corrected chi connectivity index (χ1v) is 9.78. The molecule has 1 heterocycles. The topological polar surface area (TPSA) is 99.3 Å². The highest BCUT2D eigenvalue weighted by Gasteiger charge is 2.30. The van der Waals surface area contributed by atoms with Crippen molar-refractivity contribution in [3.05, 3.63) is 30.0 Å². The summed E-state index contributed by atoms with van der Waals surface area (Å²) in [5.74, 6) is 0.920. The van der Waals surface area contributed by atoms with E-state index in [2.05, 4.69) is 25.8 Å². The van der Waals surface area contributed by atoms with Gasteiger partial charge in [-0.15, -0.1) is 0 Å². The maximum atomic E-state index is 12.7. The second-order valence-corrected chi connectivity index (χ2v) is 8.70. The summed E-state index contributed by atoms with van der Waals surface area (Å²) in [5, 5.41) is 0.813. The highest BCUT2D eigenvalue weighted by Crippen LogP contribution is 2.33. The quantitative estimate of drug-likeness (QED) is 0.687. The van der Waals surface area contributed by atoms with Crippen LogP contribution in [0, 0.1) is 17.8 Å². The highest BCUT2D eigenvalue weighted by molar-refractivity contribution is 5.95.